The van der Waals surface area contributed by atoms with Gasteiger partial charge in [-0.3, -0.25) is 9.59 Å². The van der Waals surface area contributed by atoms with Gasteiger partial charge in [-0.25, -0.2) is 4.79 Å². The molecule has 7 nitrogen and oxygen atoms in total. The number of nitrogens with zero attached hydrogens (tertiary/aromatic N) is 1. The van der Waals surface area contributed by atoms with Gasteiger partial charge in [-0.1, -0.05) is 84.4 Å². The van der Waals surface area contributed by atoms with Gasteiger partial charge in [0.05, 0.1) is 18.7 Å². The molecule has 3 atom stereocenters. The molecule has 208 valence electrons. The lowest BCUT2D eigenvalue weighted by molar-refractivity contribution is -0.141. The number of hydrogen-bond donors (Lipinski definition) is 2. The summed E-state index contributed by atoms with van der Waals surface area (Å²) in [6.45, 7) is 19.6. The quantitative estimate of drug-likeness (QED) is 0.337. The fraction of sp³-hybridized carbons (Fsp3) is 0.633. The molecule has 0 saturated carbocycles. The van der Waals surface area contributed by atoms with E-state index in [0.29, 0.717) is 5.57 Å². The number of aryl methyl sites for hydroxylation is 1. The maximum atomic E-state index is 13.9. The number of carbonyl (C=O) groups excluding carboxylic acids is 3. The van der Waals surface area contributed by atoms with Crippen molar-refractivity contribution in [3.63, 3.8) is 0 Å². The first-order valence-corrected chi connectivity index (χ1v) is 13.2. The molecule has 0 aliphatic rings. The van der Waals surface area contributed by atoms with Crippen LogP contribution in [0.4, 0.5) is 0 Å². The van der Waals surface area contributed by atoms with E-state index >= 15 is 0 Å². The molecule has 0 aliphatic heterocycles. The number of likely N-dealkylation sites (N-methyl/N-ethyl adjacent to an activating group) is 2. The summed E-state index contributed by atoms with van der Waals surface area (Å²) in [4.78, 5) is 41.4. The minimum absolute atomic E-state index is 0.0416. The van der Waals surface area contributed by atoms with Crippen LogP contribution in [0.2, 0.25) is 0 Å². The Kier molecular flexibility index (Phi) is 11.6. The van der Waals surface area contributed by atoms with Crippen molar-refractivity contribution in [2.45, 2.75) is 92.8 Å². The average molecular weight is 516 g/mol. The molecular weight excluding hydrogens is 466 g/mol. The van der Waals surface area contributed by atoms with Crippen molar-refractivity contribution in [3.8, 4) is 0 Å². The molecule has 2 N–H and O–H groups in total. The maximum absolute atomic E-state index is 13.9. The van der Waals surface area contributed by atoms with Gasteiger partial charge < -0.3 is 20.3 Å². The third-order valence-corrected chi connectivity index (χ3v) is 6.93. The third kappa shape index (κ3) is 8.42. The standard InChI is InChI=1S/C30H49N3O4/c1-13-37-28(36)21(5)18-23(19(2)3)33(12)27(35)25(29(6,7)8)32-26(34)24(31-11)30(9,10)22-16-14-15-20(4)17-22/h14-19,23-25,31H,13H2,1-12H3,(H,32,34)/t23-,24-,25?/m1/s1. The van der Waals surface area contributed by atoms with Gasteiger partial charge in [0.15, 0.2) is 0 Å². The van der Waals surface area contributed by atoms with Crippen molar-refractivity contribution in [1.29, 1.82) is 0 Å². The lowest BCUT2D eigenvalue weighted by Gasteiger charge is -2.40. The molecule has 0 bridgehead atoms. The Balaban J connectivity index is 3.31. The van der Waals surface area contributed by atoms with Crippen LogP contribution in [0.15, 0.2) is 35.9 Å². The number of nitrogens with one attached hydrogen (secondary N) is 2. The second-order valence-corrected chi connectivity index (χ2v) is 11.9. The molecule has 0 spiro atoms. The number of rotatable bonds is 11. The van der Waals surface area contributed by atoms with Crippen LogP contribution in [0.5, 0.6) is 0 Å². The minimum Gasteiger partial charge on any atom is -0.463 e. The van der Waals surface area contributed by atoms with E-state index < -0.39 is 28.9 Å². The van der Waals surface area contributed by atoms with Gasteiger partial charge in [-0.2, -0.15) is 0 Å². The highest BCUT2D eigenvalue weighted by Gasteiger charge is 2.41. The van der Waals surface area contributed by atoms with E-state index in [-0.39, 0.29) is 30.4 Å². The van der Waals surface area contributed by atoms with Gasteiger partial charge in [0.2, 0.25) is 11.8 Å². The van der Waals surface area contributed by atoms with E-state index in [2.05, 4.69) is 16.7 Å². The molecular formula is C30H49N3O4. The molecule has 1 unspecified atom stereocenters. The third-order valence-electron chi connectivity index (χ3n) is 6.93. The highest BCUT2D eigenvalue weighted by molar-refractivity contribution is 5.92. The van der Waals surface area contributed by atoms with Gasteiger partial charge in [0.1, 0.15) is 6.04 Å². The summed E-state index contributed by atoms with van der Waals surface area (Å²) in [6, 6.07) is 6.45. The van der Waals surface area contributed by atoms with Crippen LogP contribution in [-0.4, -0.2) is 61.5 Å². The van der Waals surface area contributed by atoms with Crippen LogP contribution in [0, 0.1) is 18.3 Å². The second-order valence-electron chi connectivity index (χ2n) is 11.9. The van der Waals surface area contributed by atoms with Gasteiger partial charge in [-0.05, 0) is 44.7 Å². The Labute approximate surface area is 224 Å². The molecule has 0 radical (unpaired) electrons. The normalized spacial score (nSPS) is 15.1. The number of hydrogen-bond acceptors (Lipinski definition) is 5. The molecule has 7 heteroatoms. The fourth-order valence-corrected chi connectivity index (χ4v) is 4.58. The highest BCUT2D eigenvalue weighted by atomic mass is 16.5. The van der Waals surface area contributed by atoms with Crippen LogP contribution in [0.1, 0.15) is 73.4 Å². The molecule has 2 amide bonds. The summed E-state index contributed by atoms with van der Waals surface area (Å²) in [6.07, 6.45) is 1.78. The van der Waals surface area contributed by atoms with Gasteiger partial charge >= 0.3 is 5.97 Å². The first kappa shape index (κ1) is 32.4. The monoisotopic (exact) mass is 515 g/mol. The van der Waals surface area contributed by atoms with E-state index in [1.54, 1.807) is 38.9 Å². The van der Waals surface area contributed by atoms with Crippen molar-refractivity contribution >= 4 is 17.8 Å². The summed E-state index contributed by atoms with van der Waals surface area (Å²) in [5.41, 5.74) is 1.54. The summed E-state index contributed by atoms with van der Waals surface area (Å²) in [5, 5.41) is 6.24. The molecule has 0 fully saturated rings. The molecule has 0 aliphatic carbocycles. The van der Waals surface area contributed by atoms with Crippen molar-refractivity contribution in [1.82, 2.24) is 15.5 Å². The van der Waals surface area contributed by atoms with Crippen molar-refractivity contribution < 1.29 is 19.1 Å². The number of carbonyl (C=O) groups is 3. The van der Waals surface area contributed by atoms with Crippen molar-refractivity contribution in [2.75, 3.05) is 20.7 Å². The van der Waals surface area contributed by atoms with Crippen LogP contribution >= 0.6 is 0 Å². The Morgan fingerprint density at radius 3 is 2.14 bits per heavy atom. The van der Waals surface area contributed by atoms with Crippen LogP contribution in [-0.2, 0) is 24.5 Å². The van der Waals surface area contributed by atoms with Gasteiger partial charge in [0.25, 0.3) is 0 Å². The van der Waals surface area contributed by atoms with Crippen molar-refractivity contribution in [2.24, 2.45) is 11.3 Å². The smallest absolute Gasteiger partial charge is 0.333 e. The van der Waals surface area contributed by atoms with Crippen LogP contribution < -0.4 is 10.6 Å². The number of benzene rings is 1. The first-order valence-electron chi connectivity index (χ1n) is 13.2. The molecule has 1 aromatic rings. The molecule has 37 heavy (non-hydrogen) atoms. The van der Waals surface area contributed by atoms with E-state index in [4.69, 9.17) is 4.74 Å². The molecule has 1 aromatic carbocycles. The lowest BCUT2D eigenvalue weighted by Crippen LogP contribution is -2.61. The van der Waals surface area contributed by atoms with Crippen molar-refractivity contribution in [3.05, 3.63) is 47.0 Å². The Bertz CT molecular complexity index is 975. The zero-order valence-corrected chi connectivity index (χ0v) is 25.0. The zero-order chi connectivity index (χ0) is 28.7. The predicted molar refractivity (Wildman–Crippen MR) is 150 cm³/mol. The summed E-state index contributed by atoms with van der Waals surface area (Å²) in [5.74, 6) is -0.810. The first-order chi connectivity index (χ1) is 17.0. The molecule has 0 aromatic heterocycles. The van der Waals surface area contributed by atoms with E-state index in [9.17, 15) is 14.4 Å². The largest absolute Gasteiger partial charge is 0.463 e. The SMILES string of the molecule is CCOC(=O)C(C)=C[C@H](C(C)C)N(C)C(=O)C(NC(=O)[C@@H](NC)C(C)(C)c1cccc(C)c1)C(C)(C)C. The van der Waals surface area contributed by atoms with Gasteiger partial charge in [0, 0.05) is 18.0 Å². The highest BCUT2D eigenvalue weighted by Crippen LogP contribution is 2.29. The summed E-state index contributed by atoms with van der Waals surface area (Å²) < 4.78 is 5.12. The summed E-state index contributed by atoms with van der Waals surface area (Å²) >= 11 is 0. The molecule has 0 heterocycles. The number of amides is 2. The van der Waals surface area contributed by atoms with Crippen LogP contribution in [0.3, 0.4) is 0 Å². The minimum atomic E-state index is -0.772. The topological polar surface area (TPSA) is 87.7 Å². The van der Waals surface area contributed by atoms with E-state index in [1.807, 2.05) is 73.6 Å². The van der Waals surface area contributed by atoms with E-state index in [0.717, 1.165) is 11.1 Å². The van der Waals surface area contributed by atoms with Crippen LogP contribution in [0.25, 0.3) is 0 Å². The number of esters is 1. The second kappa shape index (κ2) is 13.2. The maximum Gasteiger partial charge on any atom is 0.333 e. The lowest BCUT2D eigenvalue weighted by atomic mass is 9.76. The zero-order valence-electron chi connectivity index (χ0n) is 25.0. The Hall–Kier alpha value is -2.67. The van der Waals surface area contributed by atoms with E-state index in [1.165, 1.54) is 0 Å². The molecule has 1 rings (SSSR count). The Morgan fingerprint density at radius 2 is 1.68 bits per heavy atom. The van der Waals surface area contributed by atoms with Gasteiger partial charge in [-0.15, -0.1) is 0 Å². The Morgan fingerprint density at radius 1 is 1.08 bits per heavy atom. The average Bonchev–Trinajstić information content (AvgIpc) is 2.79. The predicted octanol–water partition coefficient (Wildman–Crippen LogP) is 4.38. The number of ether oxygens (including phenoxy) is 1. The fourth-order valence-electron chi connectivity index (χ4n) is 4.58. The molecule has 0 saturated heterocycles. The summed E-state index contributed by atoms with van der Waals surface area (Å²) in [7, 11) is 3.48.